The maximum atomic E-state index is 9.48. The van der Waals surface area contributed by atoms with Gasteiger partial charge in [0.2, 0.25) is 0 Å². The van der Waals surface area contributed by atoms with Crippen LogP contribution in [0.25, 0.3) is 22.5 Å². The minimum atomic E-state index is 0.161. The van der Waals surface area contributed by atoms with E-state index in [4.69, 9.17) is 15.2 Å². The van der Waals surface area contributed by atoms with Crippen molar-refractivity contribution in [2.24, 2.45) is 7.05 Å². The first kappa shape index (κ1) is 16.3. The highest BCUT2D eigenvalue weighted by Crippen LogP contribution is 2.36. The Bertz CT molecular complexity index is 972. The van der Waals surface area contributed by atoms with Gasteiger partial charge in [-0.05, 0) is 24.3 Å². The lowest BCUT2D eigenvalue weighted by Gasteiger charge is -2.13. The van der Waals surface area contributed by atoms with E-state index in [2.05, 4.69) is 16.2 Å². The van der Waals surface area contributed by atoms with Crippen LogP contribution in [-0.4, -0.2) is 29.0 Å². The maximum absolute atomic E-state index is 9.48. The van der Waals surface area contributed by atoms with Crippen LogP contribution in [0.15, 0.2) is 36.5 Å². The smallest absolute Gasteiger partial charge is 0.142 e. The van der Waals surface area contributed by atoms with Gasteiger partial charge in [0, 0.05) is 30.4 Å². The summed E-state index contributed by atoms with van der Waals surface area (Å²) in [5.74, 6) is 1.44. The van der Waals surface area contributed by atoms with Crippen molar-refractivity contribution < 1.29 is 9.47 Å². The number of aryl methyl sites for hydroxylation is 1. The Morgan fingerprint density at radius 2 is 1.92 bits per heavy atom. The summed E-state index contributed by atoms with van der Waals surface area (Å²) in [6.07, 6.45) is 1.67. The van der Waals surface area contributed by atoms with Gasteiger partial charge in [-0.15, -0.1) is 0 Å². The van der Waals surface area contributed by atoms with E-state index in [1.807, 2.05) is 24.3 Å². The molecule has 2 heterocycles. The van der Waals surface area contributed by atoms with Crippen LogP contribution >= 0.6 is 0 Å². The third-order valence-electron chi connectivity index (χ3n) is 3.94. The van der Waals surface area contributed by atoms with Crippen molar-refractivity contribution in [3.05, 3.63) is 42.1 Å². The van der Waals surface area contributed by atoms with Gasteiger partial charge in [0.15, 0.2) is 0 Å². The molecule has 7 heteroatoms. The van der Waals surface area contributed by atoms with E-state index in [0.29, 0.717) is 28.3 Å². The first-order valence-electron chi connectivity index (χ1n) is 7.50. The number of nitrogens with two attached hydrogens (primary N) is 1. The SMILES string of the molecule is COc1ccc(-c2cc(-c3ccnn3C)c(C#N)c(N)n2)c(OC)c1. The number of anilines is 1. The molecule has 0 fully saturated rings. The van der Waals surface area contributed by atoms with E-state index in [-0.39, 0.29) is 5.82 Å². The fourth-order valence-electron chi connectivity index (χ4n) is 2.67. The van der Waals surface area contributed by atoms with Gasteiger partial charge in [0.25, 0.3) is 0 Å². The number of hydrogen-bond acceptors (Lipinski definition) is 6. The third kappa shape index (κ3) is 2.85. The Hall–Kier alpha value is -3.53. The van der Waals surface area contributed by atoms with Gasteiger partial charge in [0.1, 0.15) is 28.9 Å². The Kier molecular flexibility index (Phi) is 4.27. The highest BCUT2D eigenvalue weighted by molar-refractivity contribution is 5.80. The molecule has 3 rings (SSSR count). The molecule has 7 nitrogen and oxygen atoms in total. The number of nitrogens with zero attached hydrogens (tertiary/aromatic N) is 4. The minimum absolute atomic E-state index is 0.161. The van der Waals surface area contributed by atoms with Crippen LogP contribution in [0.5, 0.6) is 11.5 Å². The van der Waals surface area contributed by atoms with Crippen LogP contribution in [0.4, 0.5) is 5.82 Å². The summed E-state index contributed by atoms with van der Waals surface area (Å²) in [6.45, 7) is 0. The van der Waals surface area contributed by atoms with Crippen molar-refractivity contribution in [3.63, 3.8) is 0 Å². The summed E-state index contributed by atoms with van der Waals surface area (Å²) in [5, 5.41) is 13.6. The lowest BCUT2D eigenvalue weighted by molar-refractivity contribution is 0.395. The van der Waals surface area contributed by atoms with E-state index in [1.165, 1.54) is 0 Å². The molecule has 2 N–H and O–H groups in total. The van der Waals surface area contributed by atoms with Crippen LogP contribution in [-0.2, 0) is 7.05 Å². The lowest BCUT2D eigenvalue weighted by Crippen LogP contribution is -2.03. The van der Waals surface area contributed by atoms with E-state index in [0.717, 1.165) is 11.3 Å². The molecule has 0 radical (unpaired) electrons. The molecule has 0 aliphatic heterocycles. The van der Waals surface area contributed by atoms with Gasteiger partial charge in [-0.25, -0.2) is 4.98 Å². The number of pyridine rings is 1. The number of methoxy groups -OCH3 is 2. The molecule has 0 unspecified atom stereocenters. The standard InChI is InChI=1S/C18H17N5O2/c1-23-16(6-7-21-23)13-9-15(22-18(20)14(13)10-19)12-5-4-11(24-2)8-17(12)25-3/h4-9H,1-3H3,(H2,20,22). The monoisotopic (exact) mass is 335 g/mol. The zero-order chi connectivity index (χ0) is 18.0. The summed E-state index contributed by atoms with van der Waals surface area (Å²) in [7, 11) is 4.97. The second kappa shape index (κ2) is 6.53. The summed E-state index contributed by atoms with van der Waals surface area (Å²) in [5.41, 5.74) is 9.17. The van der Waals surface area contributed by atoms with Gasteiger partial charge < -0.3 is 15.2 Å². The second-order valence-corrected chi connectivity index (χ2v) is 5.33. The Morgan fingerprint density at radius 1 is 1.12 bits per heavy atom. The Labute approximate surface area is 145 Å². The van der Waals surface area contributed by atoms with Crippen molar-refractivity contribution in [1.82, 2.24) is 14.8 Å². The number of nitrogen functional groups attached to an aromatic ring is 1. The predicted molar refractivity (Wildman–Crippen MR) is 94.1 cm³/mol. The van der Waals surface area contributed by atoms with E-state index in [1.54, 1.807) is 38.2 Å². The molecule has 25 heavy (non-hydrogen) atoms. The average Bonchev–Trinajstić information content (AvgIpc) is 3.06. The molecular weight excluding hydrogens is 318 g/mol. The van der Waals surface area contributed by atoms with Gasteiger partial charge in [-0.2, -0.15) is 10.4 Å². The molecule has 0 aliphatic carbocycles. The Morgan fingerprint density at radius 3 is 2.52 bits per heavy atom. The molecule has 0 saturated carbocycles. The van der Waals surface area contributed by atoms with Gasteiger partial charge in [0.05, 0.1) is 25.6 Å². The van der Waals surface area contributed by atoms with Gasteiger partial charge in [-0.1, -0.05) is 0 Å². The van der Waals surface area contributed by atoms with E-state index >= 15 is 0 Å². The van der Waals surface area contributed by atoms with Crippen LogP contribution in [0, 0.1) is 11.3 Å². The highest BCUT2D eigenvalue weighted by Gasteiger charge is 2.17. The van der Waals surface area contributed by atoms with Crippen molar-refractivity contribution in [2.75, 3.05) is 20.0 Å². The molecule has 0 amide bonds. The summed E-state index contributed by atoms with van der Waals surface area (Å²) in [6, 6.07) is 11.2. The third-order valence-corrected chi connectivity index (χ3v) is 3.94. The molecule has 0 bridgehead atoms. The van der Waals surface area contributed by atoms with E-state index < -0.39 is 0 Å². The fourth-order valence-corrected chi connectivity index (χ4v) is 2.67. The van der Waals surface area contributed by atoms with Gasteiger partial charge >= 0.3 is 0 Å². The number of rotatable bonds is 4. The second-order valence-electron chi connectivity index (χ2n) is 5.33. The molecule has 1 aromatic carbocycles. The molecule has 0 spiro atoms. The van der Waals surface area contributed by atoms with Crippen molar-refractivity contribution in [3.8, 4) is 40.1 Å². The largest absolute Gasteiger partial charge is 0.497 e. The summed E-state index contributed by atoms with van der Waals surface area (Å²) >= 11 is 0. The lowest BCUT2D eigenvalue weighted by atomic mass is 10.0. The summed E-state index contributed by atoms with van der Waals surface area (Å²) in [4.78, 5) is 4.38. The number of nitriles is 1. The molecule has 3 aromatic rings. The van der Waals surface area contributed by atoms with Crippen molar-refractivity contribution >= 4 is 5.82 Å². The topological polar surface area (TPSA) is 99.0 Å². The number of benzene rings is 1. The van der Waals surface area contributed by atoms with Crippen LogP contribution < -0.4 is 15.2 Å². The van der Waals surface area contributed by atoms with Crippen molar-refractivity contribution in [1.29, 1.82) is 5.26 Å². The zero-order valence-corrected chi connectivity index (χ0v) is 14.1. The zero-order valence-electron chi connectivity index (χ0n) is 14.1. The van der Waals surface area contributed by atoms with Gasteiger partial charge in [-0.3, -0.25) is 4.68 Å². The maximum Gasteiger partial charge on any atom is 0.142 e. The molecule has 0 atom stereocenters. The number of hydrogen-bond donors (Lipinski definition) is 1. The first-order valence-corrected chi connectivity index (χ1v) is 7.50. The fraction of sp³-hybridized carbons (Fsp3) is 0.167. The summed E-state index contributed by atoms with van der Waals surface area (Å²) < 4.78 is 12.4. The molecule has 0 aliphatic rings. The highest BCUT2D eigenvalue weighted by atomic mass is 16.5. The number of ether oxygens (including phenoxy) is 2. The minimum Gasteiger partial charge on any atom is -0.497 e. The predicted octanol–water partition coefficient (Wildman–Crippen LogP) is 2.62. The number of aromatic nitrogens is 3. The van der Waals surface area contributed by atoms with Crippen LogP contribution in [0.1, 0.15) is 5.56 Å². The molecule has 2 aromatic heterocycles. The van der Waals surface area contributed by atoms with Crippen LogP contribution in [0.2, 0.25) is 0 Å². The average molecular weight is 335 g/mol. The van der Waals surface area contributed by atoms with Crippen LogP contribution in [0.3, 0.4) is 0 Å². The van der Waals surface area contributed by atoms with Crippen molar-refractivity contribution in [2.45, 2.75) is 0 Å². The quantitative estimate of drug-likeness (QED) is 0.787. The molecule has 0 saturated heterocycles. The van der Waals surface area contributed by atoms with E-state index in [9.17, 15) is 5.26 Å². The normalized spacial score (nSPS) is 10.3. The molecule has 126 valence electrons. The Balaban J connectivity index is 2.25. The first-order chi connectivity index (χ1) is 12.1. The molecular formula is C18H17N5O2.